The molecule has 0 aromatic heterocycles. The van der Waals surface area contributed by atoms with Crippen molar-refractivity contribution in [1.82, 2.24) is 10.2 Å². The summed E-state index contributed by atoms with van der Waals surface area (Å²) >= 11 is 6.34. The first-order chi connectivity index (χ1) is 18.2. The lowest BCUT2D eigenvalue weighted by atomic mass is 10.1. The van der Waals surface area contributed by atoms with Gasteiger partial charge in [0.25, 0.3) is 10.0 Å². The predicted molar refractivity (Wildman–Crippen MR) is 152 cm³/mol. The second-order valence-electron chi connectivity index (χ2n) is 9.00. The highest BCUT2D eigenvalue weighted by atomic mass is 35.5. The van der Waals surface area contributed by atoms with Crippen LogP contribution in [0.3, 0.4) is 0 Å². The summed E-state index contributed by atoms with van der Waals surface area (Å²) in [6.45, 7) is 5.57. The maximum absolute atomic E-state index is 13.8. The number of hydrogen-bond acceptors (Lipinski definition) is 4. The molecule has 9 heteroatoms. The number of rotatable bonds is 12. The molecule has 0 saturated carbocycles. The van der Waals surface area contributed by atoms with Gasteiger partial charge in [0.05, 0.1) is 10.6 Å². The Kier molecular flexibility index (Phi) is 10.3. The Bertz CT molecular complexity index is 1330. The lowest BCUT2D eigenvalue weighted by Crippen LogP contribution is -2.52. The Morgan fingerprint density at radius 1 is 0.947 bits per heavy atom. The van der Waals surface area contributed by atoms with Crippen LogP contribution in [0.4, 0.5) is 5.69 Å². The van der Waals surface area contributed by atoms with Crippen LogP contribution >= 0.6 is 11.6 Å². The first-order valence-electron chi connectivity index (χ1n) is 12.6. The van der Waals surface area contributed by atoms with Crippen LogP contribution in [0.15, 0.2) is 83.8 Å². The molecule has 3 aromatic rings. The minimum Gasteiger partial charge on any atom is -0.354 e. The number of benzene rings is 3. The van der Waals surface area contributed by atoms with Crippen molar-refractivity contribution < 1.29 is 18.0 Å². The number of halogens is 1. The molecule has 0 spiro atoms. The van der Waals surface area contributed by atoms with E-state index in [1.54, 1.807) is 50.2 Å². The van der Waals surface area contributed by atoms with E-state index in [0.29, 0.717) is 29.2 Å². The maximum Gasteiger partial charge on any atom is 0.264 e. The fourth-order valence-corrected chi connectivity index (χ4v) is 5.73. The predicted octanol–water partition coefficient (Wildman–Crippen LogP) is 4.83. The second-order valence-corrected chi connectivity index (χ2v) is 11.3. The zero-order chi connectivity index (χ0) is 27.7. The van der Waals surface area contributed by atoms with E-state index >= 15 is 0 Å². The highest BCUT2D eigenvalue weighted by Gasteiger charge is 2.33. The highest BCUT2D eigenvalue weighted by molar-refractivity contribution is 7.92. The number of anilines is 1. The zero-order valence-corrected chi connectivity index (χ0v) is 23.5. The number of nitrogens with zero attached hydrogens (tertiary/aromatic N) is 2. The van der Waals surface area contributed by atoms with Gasteiger partial charge in [-0.15, -0.1) is 0 Å². The van der Waals surface area contributed by atoms with Gasteiger partial charge in [0.2, 0.25) is 11.8 Å². The minimum atomic E-state index is -4.12. The summed E-state index contributed by atoms with van der Waals surface area (Å²) in [6.07, 6.45) is 1.27. The molecular weight excluding hydrogens is 522 g/mol. The van der Waals surface area contributed by atoms with E-state index in [0.717, 1.165) is 16.3 Å². The summed E-state index contributed by atoms with van der Waals surface area (Å²) < 4.78 is 28.7. The molecule has 0 unspecified atom stereocenters. The molecule has 202 valence electrons. The van der Waals surface area contributed by atoms with Gasteiger partial charge < -0.3 is 10.2 Å². The number of hydrogen-bond donors (Lipinski definition) is 1. The third-order valence-corrected chi connectivity index (χ3v) is 8.50. The first-order valence-corrected chi connectivity index (χ1v) is 14.4. The van der Waals surface area contributed by atoms with Crippen LogP contribution < -0.4 is 9.62 Å². The van der Waals surface area contributed by atoms with E-state index in [1.165, 1.54) is 17.0 Å². The van der Waals surface area contributed by atoms with E-state index in [2.05, 4.69) is 5.32 Å². The molecule has 0 radical (unpaired) electrons. The lowest BCUT2D eigenvalue weighted by Gasteiger charge is -2.32. The molecule has 0 heterocycles. The fourth-order valence-electron chi connectivity index (χ4n) is 4.07. The molecule has 2 amide bonds. The molecule has 0 bridgehead atoms. The summed E-state index contributed by atoms with van der Waals surface area (Å²) in [4.78, 5) is 28.2. The molecule has 38 heavy (non-hydrogen) atoms. The van der Waals surface area contributed by atoms with Crippen molar-refractivity contribution in [2.45, 2.75) is 44.6 Å². The van der Waals surface area contributed by atoms with Gasteiger partial charge in [0, 0.05) is 18.1 Å². The van der Waals surface area contributed by atoms with Crippen molar-refractivity contribution in [2.24, 2.45) is 0 Å². The SMILES string of the molecule is CCCNC(=O)[C@@H](C)N(CCc1ccccc1)C(=O)CN(c1cccc(Cl)c1C)S(=O)(=O)c1ccccc1. The van der Waals surface area contributed by atoms with Crippen molar-refractivity contribution in [3.05, 3.63) is 95.0 Å². The Morgan fingerprint density at radius 2 is 1.58 bits per heavy atom. The van der Waals surface area contributed by atoms with Crippen LogP contribution in [-0.2, 0) is 26.0 Å². The van der Waals surface area contributed by atoms with Crippen molar-refractivity contribution in [2.75, 3.05) is 23.9 Å². The quantitative estimate of drug-likeness (QED) is 0.347. The average Bonchev–Trinajstić information content (AvgIpc) is 2.93. The van der Waals surface area contributed by atoms with E-state index in [-0.39, 0.29) is 17.3 Å². The highest BCUT2D eigenvalue weighted by Crippen LogP contribution is 2.31. The van der Waals surface area contributed by atoms with Crippen LogP contribution in [0.2, 0.25) is 5.02 Å². The minimum absolute atomic E-state index is 0.0525. The summed E-state index contributed by atoms with van der Waals surface area (Å²) in [5.41, 5.74) is 1.85. The first kappa shape index (κ1) is 29.2. The topological polar surface area (TPSA) is 86.8 Å². The van der Waals surface area contributed by atoms with E-state index in [1.807, 2.05) is 37.3 Å². The normalized spacial score (nSPS) is 12.0. The summed E-state index contributed by atoms with van der Waals surface area (Å²) in [5, 5.41) is 3.23. The van der Waals surface area contributed by atoms with Crippen LogP contribution in [-0.4, -0.2) is 50.8 Å². The average molecular weight is 556 g/mol. The lowest BCUT2D eigenvalue weighted by molar-refractivity contribution is -0.138. The maximum atomic E-state index is 13.8. The third-order valence-electron chi connectivity index (χ3n) is 6.32. The molecule has 0 aliphatic heterocycles. The van der Waals surface area contributed by atoms with Gasteiger partial charge >= 0.3 is 0 Å². The molecule has 3 aromatic carbocycles. The van der Waals surface area contributed by atoms with Crippen LogP contribution in [0, 0.1) is 6.92 Å². The summed E-state index contributed by atoms with van der Waals surface area (Å²) in [6, 6.07) is 21.7. The molecule has 0 aliphatic carbocycles. The van der Waals surface area contributed by atoms with Gasteiger partial charge in [-0.05, 0) is 62.1 Å². The number of carbonyl (C=O) groups is 2. The van der Waals surface area contributed by atoms with Crippen molar-refractivity contribution in [1.29, 1.82) is 0 Å². The number of nitrogens with one attached hydrogen (secondary N) is 1. The number of carbonyl (C=O) groups excluding carboxylic acids is 2. The van der Waals surface area contributed by atoms with E-state index < -0.39 is 28.5 Å². The van der Waals surface area contributed by atoms with Crippen LogP contribution in [0.5, 0.6) is 0 Å². The molecule has 1 N–H and O–H groups in total. The van der Waals surface area contributed by atoms with Crippen molar-refractivity contribution in [3.8, 4) is 0 Å². The Hall–Kier alpha value is -3.36. The summed E-state index contributed by atoms with van der Waals surface area (Å²) in [7, 11) is -4.12. The standard InChI is InChI=1S/C29H34ClN3O4S/c1-4-19-31-29(35)23(3)32(20-18-24-12-7-5-8-13-24)28(34)21-33(27-17-11-16-26(30)22(27)2)38(36,37)25-14-9-6-10-15-25/h5-17,23H,4,18-21H2,1-3H3,(H,31,35)/t23-/m1/s1. The molecule has 0 aliphatic rings. The number of amides is 2. The Labute approximate surface area is 230 Å². The molecule has 7 nitrogen and oxygen atoms in total. The van der Waals surface area contributed by atoms with E-state index in [4.69, 9.17) is 11.6 Å². The molecule has 1 atom stereocenters. The molecule has 0 fully saturated rings. The van der Waals surface area contributed by atoms with Gasteiger partial charge in [-0.2, -0.15) is 0 Å². The fraction of sp³-hybridized carbons (Fsp3) is 0.310. The van der Waals surface area contributed by atoms with Crippen molar-refractivity contribution >= 4 is 39.1 Å². The molecular formula is C29H34ClN3O4S. The van der Waals surface area contributed by atoms with Gasteiger partial charge in [-0.3, -0.25) is 13.9 Å². The smallest absolute Gasteiger partial charge is 0.264 e. The van der Waals surface area contributed by atoms with Crippen LogP contribution in [0.1, 0.15) is 31.4 Å². The van der Waals surface area contributed by atoms with Crippen LogP contribution in [0.25, 0.3) is 0 Å². The Balaban J connectivity index is 1.99. The summed E-state index contributed by atoms with van der Waals surface area (Å²) in [5.74, 6) is -0.774. The second kappa shape index (κ2) is 13.4. The number of sulfonamides is 1. The monoisotopic (exact) mass is 555 g/mol. The third kappa shape index (κ3) is 7.14. The Morgan fingerprint density at radius 3 is 2.21 bits per heavy atom. The van der Waals surface area contributed by atoms with Gasteiger partial charge in [0.15, 0.2) is 0 Å². The van der Waals surface area contributed by atoms with E-state index in [9.17, 15) is 18.0 Å². The van der Waals surface area contributed by atoms with Gasteiger partial charge in [-0.25, -0.2) is 8.42 Å². The van der Waals surface area contributed by atoms with Gasteiger partial charge in [0.1, 0.15) is 12.6 Å². The molecule has 3 rings (SSSR count). The van der Waals surface area contributed by atoms with Gasteiger partial charge in [-0.1, -0.05) is 73.1 Å². The molecule has 0 saturated heterocycles. The zero-order valence-electron chi connectivity index (χ0n) is 21.9. The van der Waals surface area contributed by atoms with Crippen molar-refractivity contribution in [3.63, 3.8) is 0 Å². The largest absolute Gasteiger partial charge is 0.354 e.